The van der Waals surface area contributed by atoms with E-state index in [0.29, 0.717) is 11.3 Å². The minimum Gasteiger partial charge on any atom is -0.495 e. The molecule has 0 bridgehead atoms. The van der Waals surface area contributed by atoms with Gasteiger partial charge in [0.1, 0.15) is 5.60 Å². The lowest BCUT2D eigenvalue weighted by Gasteiger charge is -2.35. The Morgan fingerprint density at radius 3 is 2.00 bits per heavy atom. The summed E-state index contributed by atoms with van der Waals surface area (Å²) in [7, 11) is 0. The molecular weight excluding hydrogens is 136 g/mol. The molecule has 0 aromatic carbocycles. The van der Waals surface area contributed by atoms with Crippen LogP contribution in [0.25, 0.3) is 0 Å². The van der Waals surface area contributed by atoms with Crippen LogP contribution in [0, 0.1) is 11.3 Å². The van der Waals surface area contributed by atoms with Gasteiger partial charge >= 0.3 is 0 Å². The summed E-state index contributed by atoms with van der Waals surface area (Å²) >= 11 is 0. The van der Waals surface area contributed by atoms with E-state index in [0.717, 1.165) is 0 Å². The maximum absolute atomic E-state index is 5.50. The van der Waals surface area contributed by atoms with Crippen molar-refractivity contribution in [3.8, 4) is 0 Å². The van der Waals surface area contributed by atoms with Gasteiger partial charge < -0.3 is 4.74 Å². The molecule has 1 rings (SSSR count). The van der Waals surface area contributed by atoms with Crippen LogP contribution in [0.5, 0.6) is 0 Å². The Hall–Kier alpha value is -0.460. The summed E-state index contributed by atoms with van der Waals surface area (Å²) in [4.78, 5) is 0. The Kier molecular flexibility index (Phi) is 1.78. The molecule has 0 aromatic rings. The third-order valence-electron chi connectivity index (χ3n) is 2.32. The molecule has 0 radical (unpaired) electrons. The molecular formula is C10H18O. The normalized spacial score (nSPS) is 28.6. The molecule has 1 aliphatic rings. The molecule has 1 unspecified atom stereocenters. The molecule has 0 aromatic heterocycles. The molecule has 1 aliphatic heterocycles. The summed E-state index contributed by atoms with van der Waals surface area (Å²) in [6, 6.07) is 0. The second-order valence-electron chi connectivity index (χ2n) is 4.89. The van der Waals surface area contributed by atoms with E-state index in [9.17, 15) is 0 Å². The van der Waals surface area contributed by atoms with E-state index in [-0.39, 0.29) is 5.60 Å². The first-order valence-electron chi connectivity index (χ1n) is 4.18. The van der Waals surface area contributed by atoms with Crippen LogP contribution in [0.2, 0.25) is 0 Å². The highest BCUT2D eigenvalue weighted by molar-refractivity contribution is 5.05. The van der Waals surface area contributed by atoms with Gasteiger partial charge in [0.15, 0.2) is 0 Å². The van der Waals surface area contributed by atoms with Gasteiger partial charge in [-0.3, -0.25) is 0 Å². The van der Waals surface area contributed by atoms with E-state index in [2.05, 4.69) is 40.7 Å². The van der Waals surface area contributed by atoms with Gasteiger partial charge in [0, 0.05) is 5.92 Å². The fourth-order valence-corrected chi connectivity index (χ4v) is 1.93. The van der Waals surface area contributed by atoms with Crippen LogP contribution in [0.1, 0.15) is 34.6 Å². The summed E-state index contributed by atoms with van der Waals surface area (Å²) < 4.78 is 5.50. The fraction of sp³-hybridized carbons (Fsp3) is 0.800. The quantitative estimate of drug-likeness (QED) is 0.521. The van der Waals surface area contributed by atoms with Crippen molar-refractivity contribution < 1.29 is 4.74 Å². The Labute approximate surface area is 69.4 Å². The molecule has 0 amide bonds. The molecule has 64 valence electrons. The lowest BCUT2D eigenvalue weighted by molar-refractivity contribution is 0.00591. The Balaban J connectivity index is 2.80. The second-order valence-corrected chi connectivity index (χ2v) is 4.89. The lowest BCUT2D eigenvalue weighted by Crippen LogP contribution is -2.36. The van der Waals surface area contributed by atoms with Crippen LogP contribution < -0.4 is 0 Å². The average Bonchev–Trinajstić information content (AvgIpc) is 2.06. The molecule has 0 N–H and O–H groups in total. The van der Waals surface area contributed by atoms with Crippen molar-refractivity contribution in [3.05, 3.63) is 12.3 Å². The molecule has 1 atom stereocenters. The zero-order valence-corrected chi connectivity index (χ0v) is 8.14. The lowest BCUT2D eigenvalue weighted by atomic mass is 9.73. The number of hydrogen-bond donors (Lipinski definition) is 0. The van der Waals surface area contributed by atoms with Crippen LogP contribution in [0.15, 0.2) is 12.3 Å². The van der Waals surface area contributed by atoms with Crippen LogP contribution in [0.4, 0.5) is 0 Å². The first-order valence-corrected chi connectivity index (χ1v) is 4.18. The van der Waals surface area contributed by atoms with Crippen molar-refractivity contribution in [3.63, 3.8) is 0 Å². The third kappa shape index (κ3) is 1.58. The molecule has 11 heavy (non-hydrogen) atoms. The monoisotopic (exact) mass is 154 g/mol. The molecule has 1 nitrogen and oxygen atoms in total. The minimum atomic E-state index is -0.0156. The van der Waals surface area contributed by atoms with E-state index in [1.807, 2.05) is 6.26 Å². The van der Waals surface area contributed by atoms with Crippen molar-refractivity contribution in [1.82, 2.24) is 0 Å². The summed E-state index contributed by atoms with van der Waals surface area (Å²) in [5, 5.41) is 0. The largest absolute Gasteiger partial charge is 0.495 e. The third-order valence-corrected chi connectivity index (χ3v) is 2.32. The van der Waals surface area contributed by atoms with Crippen molar-refractivity contribution in [2.75, 3.05) is 0 Å². The van der Waals surface area contributed by atoms with E-state index in [4.69, 9.17) is 4.74 Å². The zero-order valence-electron chi connectivity index (χ0n) is 8.14. The highest BCUT2D eigenvalue weighted by Crippen LogP contribution is 2.41. The number of ether oxygens (including phenoxy) is 1. The Morgan fingerprint density at radius 2 is 1.82 bits per heavy atom. The van der Waals surface area contributed by atoms with Crippen LogP contribution >= 0.6 is 0 Å². The topological polar surface area (TPSA) is 9.23 Å². The van der Waals surface area contributed by atoms with Gasteiger partial charge in [-0.15, -0.1) is 0 Å². The van der Waals surface area contributed by atoms with E-state index in [1.165, 1.54) is 0 Å². The van der Waals surface area contributed by atoms with Crippen molar-refractivity contribution >= 4 is 0 Å². The van der Waals surface area contributed by atoms with Crippen LogP contribution in [-0.4, -0.2) is 5.60 Å². The van der Waals surface area contributed by atoms with Gasteiger partial charge in [0.05, 0.1) is 6.26 Å². The highest BCUT2D eigenvalue weighted by Gasteiger charge is 2.40. The molecule has 0 aliphatic carbocycles. The van der Waals surface area contributed by atoms with Crippen molar-refractivity contribution in [1.29, 1.82) is 0 Å². The van der Waals surface area contributed by atoms with E-state index in [1.54, 1.807) is 0 Å². The summed E-state index contributed by atoms with van der Waals surface area (Å²) in [5.74, 6) is 0.523. The summed E-state index contributed by atoms with van der Waals surface area (Å²) in [6.07, 6.45) is 4.00. The molecule has 1 heterocycles. The molecule has 0 saturated carbocycles. The van der Waals surface area contributed by atoms with Crippen LogP contribution in [-0.2, 0) is 4.74 Å². The van der Waals surface area contributed by atoms with Gasteiger partial charge in [-0.2, -0.15) is 0 Å². The van der Waals surface area contributed by atoms with E-state index >= 15 is 0 Å². The number of rotatable bonds is 0. The minimum absolute atomic E-state index is 0.0156. The van der Waals surface area contributed by atoms with Gasteiger partial charge in [-0.05, 0) is 25.3 Å². The summed E-state index contributed by atoms with van der Waals surface area (Å²) in [6.45, 7) is 11.0. The van der Waals surface area contributed by atoms with Gasteiger partial charge in [-0.1, -0.05) is 20.8 Å². The van der Waals surface area contributed by atoms with Crippen LogP contribution in [0.3, 0.4) is 0 Å². The predicted molar refractivity (Wildman–Crippen MR) is 47.2 cm³/mol. The van der Waals surface area contributed by atoms with Crippen molar-refractivity contribution in [2.24, 2.45) is 11.3 Å². The standard InChI is InChI=1S/C10H18O/c1-9(2,3)8-6-7-11-10(8,4)5/h6-8H,1-5H3. The number of hydrogen-bond acceptors (Lipinski definition) is 1. The first kappa shape index (κ1) is 8.63. The summed E-state index contributed by atoms with van der Waals surface area (Å²) in [5.41, 5.74) is 0.286. The maximum atomic E-state index is 5.50. The predicted octanol–water partition coefficient (Wildman–Crippen LogP) is 2.97. The Bertz CT molecular complexity index is 172. The van der Waals surface area contributed by atoms with Gasteiger partial charge in [0.25, 0.3) is 0 Å². The zero-order chi connectivity index (χ0) is 8.70. The SMILES string of the molecule is CC(C)(C)C1C=COC1(C)C. The average molecular weight is 154 g/mol. The second kappa shape index (κ2) is 2.26. The smallest absolute Gasteiger partial charge is 0.109 e. The molecule has 0 spiro atoms. The fourth-order valence-electron chi connectivity index (χ4n) is 1.93. The molecule has 0 saturated heterocycles. The molecule has 1 heteroatoms. The highest BCUT2D eigenvalue weighted by atomic mass is 16.5. The van der Waals surface area contributed by atoms with Gasteiger partial charge in [0.2, 0.25) is 0 Å². The van der Waals surface area contributed by atoms with Gasteiger partial charge in [-0.25, -0.2) is 0 Å². The van der Waals surface area contributed by atoms with Crippen molar-refractivity contribution in [2.45, 2.75) is 40.2 Å². The first-order chi connectivity index (χ1) is 4.84. The van der Waals surface area contributed by atoms with E-state index < -0.39 is 0 Å². The maximum Gasteiger partial charge on any atom is 0.109 e. The Morgan fingerprint density at radius 1 is 1.27 bits per heavy atom. The molecule has 0 fully saturated rings.